The molecule has 0 radical (unpaired) electrons. The van der Waals surface area contributed by atoms with Crippen molar-refractivity contribution in [1.82, 2.24) is 10.6 Å². The van der Waals surface area contributed by atoms with E-state index in [1.807, 2.05) is 6.92 Å². The van der Waals surface area contributed by atoms with Gasteiger partial charge in [0.25, 0.3) is 0 Å². The maximum atomic E-state index is 11.5. The number of carbonyl (C=O) groups excluding carboxylic acids is 1. The second kappa shape index (κ2) is 6.48. The first-order valence-electron chi connectivity index (χ1n) is 5.88. The molecule has 5 heteroatoms. The lowest BCUT2D eigenvalue weighted by Crippen LogP contribution is -2.47. The average molecular weight is 228 g/mol. The van der Waals surface area contributed by atoms with Crippen molar-refractivity contribution in [3.63, 3.8) is 0 Å². The van der Waals surface area contributed by atoms with Crippen molar-refractivity contribution >= 4 is 11.9 Å². The van der Waals surface area contributed by atoms with Crippen molar-refractivity contribution in [3.05, 3.63) is 0 Å². The van der Waals surface area contributed by atoms with Crippen molar-refractivity contribution in [2.75, 3.05) is 13.1 Å². The molecule has 1 aliphatic carbocycles. The molecule has 0 aromatic heterocycles. The van der Waals surface area contributed by atoms with Crippen LogP contribution in [0, 0.1) is 5.92 Å². The summed E-state index contributed by atoms with van der Waals surface area (Å²) >= 11 is 0. The zero-order valence-electron chi connectivity index (χ0n) is 9.66. The van der Waals surface area contributed by atoms with E-state index in [0.717, 1.165) is 25.8 Å². The van der Waals surface area contributed by atoms with Crippen molar-refractivity contribution in [2.45, 2.75) is 38.6 Å². The van der Waals surface area contributed by atoms with Crippen molar-refractivity contribution in [3.8, 4) is 0 Å². The summed E-state index contributed by atoms with van der Waals surface area (Å²) in [5.41, 5.74) is 0. The molecule has 2 unspecified atom stereocenters. The van der Waals surface area contributed by atoms with Gasteiger partial charge < -0.3 is 15.7 Å². The van der Waals surface area contributed by atoms with Crippen molar-refractivity contribution in [2.24, 2.45) is 5.92 Å². The summed E-state index contributed by atoms with van der Waals surface area (Å²) in [5, 5.41) is 14.8. The summed E-state index contributed by atoms with van der Waals surface area (Å²) in [6.45, 7) is 2.92. The van der Waals surface area contributed by atoms with Crippen LogP contribution < -0.4 is 10.6 Å². The Labute approximate surface area is 95.6 Å². The van der Waals surface area contributed by atoms with E-state index in [-0.39, 0.29) is 18.5 Å². The average Bonchev–Trinajstić information content (AvgIpc) is 2.27. The number of carboxylic acid groups (broad SMARTS) is 1. The number of carboxylic acids is 1. The third kappa shape index (κ3) is 3.81. The van der Waals surface area contributed by atoms with E-state index >= 15 is 0 Å². The Kier molecular flexibility index (Phi) is 5.25. The maximum Gasteiger partial charge on any atom is 0.308 e. The zero-order valence-corrected chi connectivity index (χ0v) is 9.66. The minimum absolute atomic E-state index is 0.111. The molecule has 0 aromatic carbocycles. The maximum absolute atomic E-state index is 11.5. The van der Waals surface area contributed by atoms with Crippen LogP contribution in [0.1, 0.15) is 32.6 Å². The molecule has 0 aliphatic heterocycles. The van der Waals surface area contributed by atoms with Gasteiger partial charge in [-0.25, -0.2) is 0 Å². The number of aliphatic carboxylic acids is 1. The van der Waals surface area contributed by atoms with Crippen LogP contribution in [0.3, 0.4) is 0 Å². The SMILES string of the molecule is CCNCC(=O)NC1CCCCC1C(=O)O. The van der Waals surface area contributed by atoms with Gasteiger partial charge in [0.05, 0.1) is 12.5 Å². The van der Waals surface area contributed by atoms with Crippen LogP contribution in [0.5, 0.6) is 0 Å². The van der Waals surface area contributed by atoms with Gasteiger partial charge in [0.2, 0.25) is 5.91 Å². The van der Waals surface area contributed by atoms with E-state index in [2.05, 4.69) is 10.6 Å². The van der Waals surface area contributed by atoms with Crippen LogP contribution in [0.4, 0.5) is 0 Å². The molecular weight excluding hydrogens is 208 g/mol. The molecule has 1 amide bonds. The summed E-state index contributed by atoms with van der Waals surface area (Å²) in [6.07, 6.45) is 3.38. The molecular formula is C11H20N2O3. The molecule has 5 nitrogen and oxygen atoms in total. The Balaban J connectivity index is 2.43. The van der Waals surface area contributed by atoms with Crippen LogP contribution in [0.15, 0.2) is 0 Å². The van der Waals surface area contributed by atoms with Gasteiger partial charge in [-0.1, -0.05) is 19.8 Å². The number of nitrogens with one attached hydrogen (secondary N) is 2. The van der Waals surface area contributed by atoms with Gasteiger partial charge in [-0.3, -0.25) is 9.59 Å². The van der Waals surface area contributed by atoms with E-state index in [4.69, 9.17) is 5.11 Å². The smallest absolute Gasteiger partial charge is 0.308 e. The van der Waals surface area contributed by atoms with E-state index in [1.165, 1.54) is 0 Å². The molecule has 3 N–H and O–H groups in total. The van der Waals surface area contributed by atoms with E-state index in [0.29, 0.717) is 6.42 Å². The van der Waals surface area contributed by atoms with Gasteiger partial charge in [-0.2, -0.15) is 0 Å². The lowest BCUT2D eigenvalue weighted by molar-refractivity contribution is -0.144. The number of likely N-dealkylation sites (N-methyl/N-ethyl adjacent to an activating group) is 1. The zero-order chi connectivity index (χ0) is 12.0. The quantitative estimate of drug-likeness (QED) is 0.634. The molecule has 16 heavy (non-hydrogen) atoms. The predicted molar refractivity (Wildman–Crippen MR) is 60.1 cm³/mol. The summed E-state index contributed by atoms with van der Waals surface area (Å²) in [7, 11) is 0. The van der Waals surface area contributed by atoms with Crippen LogP contribution in [-0.2, 0) is 9.59 Å². The van der Waals surface area contributed by atoms with Crippen LogP contribution in [0.25, 0.3) is 0 Å². The highest BCUT2D eigenvalue weighted by molar-refractivity contribution is 5.79. The molecule has 0 heterocycles. The highest BCUT2D eigenvalue weighted by Gasteiger charge is 2.31. The lowest BCUT2D eigenvalue weighted by Gasteiger charge is -2.29. The van der Waals surface area contributed by atoms with Crippen molar-refractivity contribution in [1.29, 1.82) is 0 Å². The van der Waals surface area contributed by atoms with Crippen LogP contribution in [-0.4, -0.2) is 36.1 Å². The predicted octanol–water partition coefficient (Wildman–Crippen LogP) is 0.355. The second-order valence-electron chi connectivity index (χ2n) is 4.18. The number of hydrogen-bond donors (Lipinski definition) is 3. The number of rotatable bonds is 5. The number of carbonyl (C=O) groups is 2. The normalized spacial score (nSPS) is 25.1. The minimum atomic E-state index is -0.798. The Morgan fingerprint density at radius 3 is 2.62 bits per heavy atom. The summed E-state index contributed by atoms with van der Waals surface area (Å²) in [4.78, 5) is 22.5. The molecule has 0 aromatic rings. The Morgan fingerprint density at radius 2 is 2.00 bits per heavy atom. The van der Waals surface area contributed by atoms with Gasteiger partial charge in [-0.15, -0.1) is 0 Å². The number of hydrogen-bond acceptors (Lipinski definition) is 3. The summed E-state index contributed by atoms with van der Waals surface area (Å²) in [5.74, 6) is -1.33. The van der Waals surface area contributed by atoms with Gasteiger partial charge in [0.15, 0.2) is 0 Å². The molecule has 92 valence electrons. The van der Waals surface area contributed by atoms with E-state index in [9.17, 15) is 9.59 Å². The minimum Gasteiger partial charge on any atom is -0.481 e. The fourth-order valence-corrected chi connectivity index (χ4v) is 2.10. The summed E-state index contributed by atoms with van der Waals surface area (Å²) in [6, 6.07) is -0.197. The van der Waals surface area contributed by atoms with Gasteiger partial charge in [0, 0.05) is 6.04 Å². The van der Waals surface area contributed by atoms with Crippen LogP contribution in [0.2, 0.25) is 0 Å². The molecule has 1 saturated carbocycles. The molecule has 1 rings (SSSR count). The highest BCUT2D eigenvalue weighted by atomic mass is 16.4. The standard InChI is InChI=1S/C11H20N2O3/c1-2-12-7-10(14)13-9-6-4-3-5-8(9)11(15)16/h8-9,12H,2-7H2,1H3,(H,13,14)(H,15,16). The Morgan fingerprint density at radius 1 is 1.31 bits per heavy atom. The van der Waals surface area contributed by atoms with Crippen LogP contribution >= 0.6 is 0 Å². The van der Waals surface area contributed by atoms with E-state index < -0.39 is 11.9 Å². The van der Waals surface area contributed by atoms with Crippen molar-refractivity contribution < 1.29 is 14.7 Å². The van der Waals surface area contributed by atoms with Gasteiger partial charge in [0.1, 0.15) is 0 Å². The number of amides is 1. The highest BCUT2D eigenvalue weighted by Crippen LogP contribution is 2.24. The first-order valence-corrected chi connectivity index (χ1v) is 5.88. The van der Waals surface area contributed by atoms with E-state index in [1.54, 1.807) is 0 Å². The monoisotopic (exact) mass is 228 g/mol. The third-order valence-electron chi connectivity index (χ3n) is 2.97. The molecule has 0 bridgehead atoms. The molecule has 1 fully saturated rings. The fourth-order valence-electron chi connectivity index (χ4n) is 2.10. The topological polar surface area (TPSA) is 78.4 Å². The fraction of sp³-hybridized carbons (Fsp3) is 0.818. The second-order valence-corrected chi connectivity index (χ2v) is 4.18. The Bertz CT molecular complexity index is 256. The molecule has 0 saturated heterocycles. The molecule has 1 aliphatic rings. The lowest BCUT2D eigenvalue weighted by atomic mass is 9.84. The first-order chi connectivity index (χ1) is 7.65. The molecule has 0 spiro atoms. The first kappa shape index (κ1) is 13.0. The van der Waals surface area contributed by atoms with Gasteiger partial charge >= 0.3 is 5.97 Å². The third-order valence-corrected chi connectivity index (χ3v) is 2.97. The van der Waals surface area contributed by atoms with Gasteiger partial charge in [-0.05, 0) is 19.4 Å². The Hall–Kier alpha value is -1.10. The summed E-state index contributed by atoms with van der Waals surface area (Å²) < 4.78 is 0. The largest absolute Gasteiger partial charge is 0.481 e. The molecule has 2 atom stereocenters.